The van der Waals surface area contributed by atoms with Gasteiger partial charge in [-0.05, 0) is 44.1 Å². The molecule has 164 valence electrons. The quantitative estimate of drug-likeness (QED) is 0.497. The number of likely N-dealkylation sites (tertiary alicyclic amines) is 1. The number of para-hydroxylation sites is 3. The van der Waals surface area contributed by atoms with Crippen LogP contribution >= 0.6 is 24.0 Å². The summed E-state index contributed by atoms with van der Waals surface area (Å²) in [5.74, 6) is 0.125. The third kappa shape index (κ3) is 3.52. The van der Waals surface area contributed by atoms with Crippen LogP contribution in [0.2, 0.25) is 0 Å². The predicted molar refractivity (Wildman–Crippen MR) is 132 cm³/mol. The number of nitrogens with zero attached hydrogens (tertiary/aromatic N) is 3. The van der Waals surface area contributed by atoms with Crippen molar-refractivity contribution < 1.29 is 14.3 Å². The summed E-state index contributed by atoms with van der Waals surface area (Å²) >= 11 is 6.74. The van der Waals surface area contributed by atoms with Gasteiger partial charge in [-0.25, -0.2) is 0 Å². The van der Waals surface area contributed by atoms with Gasteiger partial charge in [0.25, 0.3) is 11.8 Å². The van der Waals surface area contributed by atoms with Gasteiger partial charge < -0.3 is 4.74 Å². The van der Waals surface area contributed by atoms with Gasteiger partial charge in [-0.3, -0.25) is 24.3 Å². The van der Waals surface area contributed by atoms with Crippen molar-refractivity contribution in [1.29, 1.82) is 0 Å². The van der Waals surface area contributed by atoms with Gasteiger partial charge in [0.1, 0.15) is 5.75 Å². The summed E-state index contributed by atoms with van der Waals surface area (Å²) in [6.07, 6.45) is 3.53. The lowest BCUT2D eigenvalue weighted by atomic mass is 10.1. The first-order chi connectivity index (χ1) is 15.6. The van der Waals surface area contributed by atoms with Crippen LogP contribution in [-0.4, -0.2) is 47.9 Å². The number of thiocarbonyl (C=S) groups is 1. The first-order valence-corrected chi connectivity index (χ1v) is 11.9. The van der Waals surface area contributed by atoms with Crippen LogP contribution in [0.3, 0.4) is 0 Å². The molecular formula is C24H23N3O3S2. The summed E-state index contributed by atoms with van der Waals surface area (Å²) in [4.78, 5) is 33.1. The van der Waals surface area contributed by atoms with Crippen molar-refractivity contribution in [1.82, 2.24) is 4.90 Å². The van der Waals surface area contributed by atoms with Gasteiger partial charge >= 0.3 is 0 Å². The number of fused-ring (bicyclic) bond motifs is 1. The van der Waals surface area contributed by atoms with E-state index in [0.29, 0.717) is 32.9 Å². The van der Waals surface area contributed by atoms with Gasteiger partial charge in [0.15, 0.2) is 4.32 Å². The number of hydrogen-bond acceptors (Lipinski definition) is 6. The molecule has 8 heteroatoms. The molecule has 0 unspecified atom stereocenters. The van der Waals surface area contributed by atoms with Crippen molar-refractivity contribution in [3.05, 3.63) is 59.0 Å². The maximum absolute atomic E-state index is 13.6. The normalized spacial score (nSPS) is 21.5. The van der Waals surface area contributed by atoms with Gasteiger partial charge in [-0.15, -0.1) is 0 Å². The number of piperidine rings is 1. The van der Waals surface area contributed by atoms with E-state index in [1.165, 1.54) is 23.1 Å². The van der Waals surface area contributed by atoms with Crippen molar-refractivity contribution in [3.63, 3.8) is 0 Å². The van der Waals surface area contributed by atoms with E-state index in [-0.39, 0.29) is 11.8 Å². The lowest BCUT2D eigenvalue weighted by Gasteiger charge is -2.30. The average Bonchev–Trinajstić information content (AvgIpc) is 3.26. The third-order valence-electron chi connectivity index (χ3n) is 6.04. The Kier molecular flexibility index (Phi) is 5.75. The zero-order valence-corrected chi connectivity index (χ0v) is 19.4. The Hall–Kier alpha value is -2.68. The number of carbonyl (C=O) groups excluding carboxylic acids is 2. The van der Waals surface area contributed by atoms with Crippen LogP contribution in [0.25, 0.3) is 5.57 Å². The number of benzene rings is 2. The van der Waals surface area contributed by atoms with E-state index in [0.717, 1.165) is 37.2 Å². The molecule has 5 rings (SSSR count). The summed E-state index contributed by atoms with van der Waals surface area (Å²) in [5, 5.41) is 0. The highest BCUT2D eigenvalue weighted by Crippen LogP contribution is 2.46. The molecule has 0 radical (unpaired) electrons. The third-order valence-corrected chi connectivity index (χ3v) is 7.41. The highest BCUT2D eigenvalue weighted by molar-refractivity contribution is 8.27. The highest BCUT2D eigenvalue weighted by atomic mass is 32.2. The Morgan fingerprint density at radius 3 is 2.38 bits per heavy atom. The molecule has 2 aromatic rings. The van der Waals surface area contributed by atoms with Crippen molar-refractivity contribution in [2.45, 2.75) is 19.3 Å². The van der Waals surface area contributed by atoms with Crippen LogP contribution in [-0.2, 0) is 9.59 Å². The molecule has 0 aliphatic carbocycles. The SMILES string of the molecule is COc1ccccc1N1C(=O)/C(=C2/C(=O)N(CN3CCCCC3)c3ccccc32)SC1=S. The van der Waals surface area contributed by atoms with E-state index in [4.69, 9.17) is 17.0 Å². The summed E-state index contributed by atoms with van der Waals surface area (Å²) < 4.78 is 5.83. The van der Waals surface area contributed by atoms with E-state index in [1.54, 1.807) is 24.1 Å². The van der Waals surface area contributed by atoms with E-state index in [9.17, 15) is 9.59 Å². The molecule has 0 aromatic heterocycles. The van der Waals surface area contributed by atoms with Gasteiger partial charge in [0.05, 0.1) is 35.6 Å². The van der Waals surface area contributed by atoms with Gasteiger partial charge in [-0.1, -0.05) is 60.7 Å². The zero-order valence-electron chi connectivity index (χ0n) is 17.7. The number of methoxy groups -OCH3 is 1. The predicted octanol–water partition coefficient (Wildman–Crippen LogP) is 4.26. The lowest BCUT2D eigenvalue weighted by molar-refractivity contribution is -0.115. The number of anilines is 2. The molecule has 0 atom stereocenters. The molecule has 2 fully saturated rings. The standard InChI is InChI=1S/C24H23N3O3S2/c1-30-19-12-6-5-11-18(19)27-23(29)21(32-24(27)31)20-16-9-3-4-10-17(16)26(22(20)28)15-25-13-7-2-8-14-25/h3-6,9-12H,2,7-8,13-15H2,1H3/b21-20-. The van der Waals surface area contributed by atoms with E-state index in [1.807, 2.05) is 36.4 Å². The van der Waals surface area contributed by atoms with Crippen molar-refractivity contribution in [2.24, 2.45) is 0 Å². The molecule has 2 aromatic carbocycles. The van der Waals surface area contributed by atoms with Gasteiger partial charge in [0.2, 0.25) is 0 Å². The number of rotatable bonds is 4. The van der Waals surface area contributed by atoms with Crippen molar-refractivity contribution >= 4 is 57.1 Å². The Morgan fingerprint density at radius 2 is 1.62 bits per heavy atom. The first kappa shape index (κ1) is 21.2. The molecule has 3 heterocycles. The molecule has 3 aliphatic rings. The van der Waals surface area contributed by atoms with E-state index >= 15 is 0 Å². The molecular weight excluding hydrogens is 442 g/mol. The second-order valence-electron chi connectivity index (χ2n) is 7.95. The van der Waals surface area contributed by atoms with Gasteiger partial charge in [-0.2, -0.15) is 0 Å². The maximum atomic E-state index is 13.6. The maximum Gasteiger partial charge on any atom is 0.271 e. The van der Waals surface area contributed by atoms with Crippen molar-refractivity contribution in [3.8, 4) is 5.75 Å². The Balaban J connectivity index is 1.54. The molecule has 2 saturated heterocycles. The number of amides is 2. The largest absolute Gasteiger partial charge is 0.495 e. The molecule has 0 spiro atoms. The van der Waals surface area contributed by atoms with Crippen LogP contribution in [0.15, 0.2) is 53.4 Å². The fourth-order valence-corrected chi connectivity index (χ4v) is 5.84. The van der Waals surface area contributed by atoms with Crippen LogP contribution < -0.4 is 14.5 Å². The van der Waals surface area contributed by atoms with Crippen LogP contribution in [0.5, 0.6) is 5.75 Å². The van der Waals surface area contributed by atoms with Gasteiger partial charge in [0, 0.05) is 5.56 Å². The first-order valence-electron chi connectivity index (χ1n) is 10.7. The summed E-state index contributed by atoms with van der Waals surface area (Å²) in [6.45, 7) is 2.50. The highest BCUT2D eigenvalue weighted by Gasteiger charge is 2.43. The van der Waals surface area contributed by atoms with Crippen LogP contribution in [0, 0.1) is 0 Å². The average molecular weight is 466 g/mol. The Morgan fingerprint density at radius 1 is 0.938 bits per heavy atom. The Labute approximate surface area is 196 Å². The molecule has 0 saturated carbocycles. The zero-order chi connectivity index (χ0) is 22.2. The summed E-state index contributed by atoms with van der Waals surface area (Å²) in [5.41, 5.74) is 2.65. The fraction of sp³-hybridized carbons (Fsp3) is 0.292. The number of ether oxygens (including phenoxy) is 1. The number of hydrogen-bond donors (Lipinski definition) is 0. The molecule has 0 bridgehead atoms. The Bertz CT molecular complexity index is 1140. The van der Waals surface area contributed by atoms with E-state index in [2.05, 4.69) is 4.90 Å². The lowest BCUT2D eigenvalue weighted by Crippen LogP contribution is -2.42. The minimum Gasteiger partial charge on any atom is -0.495 e. The summed E-state index contributed by atoms with van der Waals surface area (Å²) in [7, 11) is 1.56. The monoisotopic (exact) mass is 465 g/mol. The molecule has 32 heavy (non-hydrogen) atoms. The van der Waals surface area contributed by atoms with E-state index < -0.39 is 0 Å². The summed E-state index contributed by atoms with van der Waals surface area (Å²) in [6, 6.07) is 14.9. The minimum atomic E-state index is -0.289. The van der Waals surface area contributed by atoms with Crippen LogP contribution in [0.1, 0.15) is 24.8 Å². The van der Waals surface area contributed by atoms with Crippen molar-refractivity contribution in [2.75, 3.05) is 36.7 Å². The second kappa shape index (κ2) is 8.69. The molecule has 6 nitrogen and oxygen atoms in total. The molecule has 2 amide bonds. The molecule has 0 N–H and O–H groups in total. The number of carbonyl (C=O) groups is 2. The fourth-order valence-electron chi connectivity index (χ4n) is 4.48. The topological polar surface area (TPSA) is 53.1 Å². The number of thioether (sulfide) groups is 1. The smallest absolute Gasteiger partial charge is 0.271 e. The molecule has 3 aliphatic heterocycles. The minimum absolute atomic E-state index is 0.141. The van der Waals surface area contributed by atoms with Crippen LogP contribution in [0.4, 0.5) is 11.4 Å². The second-order valence-corrected chi connectivity index (χ2v) is 9.60.